The van der Waals surface area contributed by atoms with E-state index in [-0.39, 0.29) is 0 Å². The largest absolute Gasteiger partial charge is 0.310 e. The van der Waals surface area contributed by atoms with Gasteiger partial charge in [-0.25, -0.2) is 0 Å². The molecule has 0 spiro atoms. The van der Waals surface area contributed by atoms with Crippen molar-refractivity contribution in [2.45, 2.75) is 51.1 Å². The Kier molecular flexibility index (Phi) is 2.61. The van der Waals surface area contributed by atoms with Crippen molar-refractivity contribution in [2.75, 3.05) is 19.6 Å². The third-order valence-electron chi connectivity index (χ3n) is 3.48. The van der Waals surface area contributed by atoms with Gasteiger partial charge < -0.3 is 5.32 Å². The van der Waals surface area contributed by atoms with Crippen LogP contribution in [0.25, 0.3) is 0 Å². The molecule has 1 heterocycles. The highest BCUT2D eigenvalue weighted by molar-refractivity contribution is 4.95. The Morgan fingerprint density at radius 2 is 2.23 bits per heavy atom. The molecular weight excluding hydrogens is 160 g/mol. The van der Waals surface area contributed by atoms with Crippen LogP contribution in [0.4, 0.5) is 0 Å². The molecule has 1 saturated heterocycles. The zero-order valence-electron chi connectivity index (χ0n) is 8.97. The predicted molar refractivity (Wildman–Crippen MR) is 55.9 cm³/mol. The molecule has 0 aromatic carbocycles. The van der Waals surface area contributed by atoms with Crippen LogP contribution in [0.1, 0.15) is 39.5 Å². The summed E-state index contributed by atoms with van der Waals surface area (Å²) in [5.74, 6) is 0. The van der Waals surface area contributed by atoms with Crippen molar-refractivity contribution in [3.8, 4) is 0 Å². The van der Waals surface area contributed by atoms with E-state index < -0.39 is 0 Å². The van der Waals surface area contributed by atoms with Gasteiger partial charge in [-0.15, -0.1) is 0 Å². The zero-order valence-corrected chi connectivity index (χ0v) is 8.97. The normalized spacial score (nSPS) is 34.4. The third-order valence-corrected chi connectivity index (χ3v) is 3.48. The van der Waals surface area contributed by atoms with E-state index in [1.54, 1.807) is 0 Å². The smallest absolute Gasteiger partial charge is 0.0281 e. The van der Waals surface area contributed by atoms with Crippen LogP contribution < -0.4 is 5.32 Å². The van der Waals surface area contributed by atoms with Crippen molar-refractivity contribution in [3.63, 3.8) is 0 Å². The van der Waals surface area contributed by atoms with Gasteiger partial charge in [0.15, 0.2) is 0 Å². The van der Waals surface area contributed by atoms with Crippen LogP contribution in [0.3, 0.4) is 0 Å². The Bertz CT molecular complexity index is 169. The van der Waals surface area contributed by atoms with Crippen molar-refractivity contribution in [2.24, 2.45) is 0 Å². The molecule has 0 amide bonds. The fraction of sp³-hybridized carbons (Fsp3) is 1.00. The quantitative estimate of drug-likeness (QED) is 0.710. The molecule has 1 atom stereocenters. The zero-order chi connectivity index (χ0) is 9.31. The highest BCUT2D eigenvalue weighted by Gasteiger charge is 2.35. The van der Waals surface area contributed by atoms with Gasteiger partial charge in [0, 0.05) is 18.1 Å². The van der Waals surface area contributed by atoms with Crippen LogP contribution in [-0.4, -0.2) is 36.1 Å². The van der Waals surface area contributed by atoms with Crippen LogP contribution in [-0.2, 0) is 0 Å². The third kappa shape index (κ3) is 2.23. The van der Waals surface area contributed by atoms with E-state index in [9.17, 15) is 0 Å². The van der Waals surface area contributed by atoms with Gasteiger partial charge in [0.1, 0.15) is 0 Å². The summed E-state index contributed by atoms with van der Waals surface area (Å²) in [5, 5.41) is 3.64. The molecule has 2 nitrogen and oxygen atoms in total. The molecule has 0 aromatic rings. The van der Waals surface area contributed by atoms with Crippen LogP contribution in [0, 0.1) is 0 Å². The number of nitrogens with zero attached hydrogens (tertiary/aromatic N) is 1. The molecule has 1 N–H and O–H groups in total. The molecule has 2 aliphatic rings. The summed E-state index contributed by atoms with van der Waals surface area (Å²) in [4.78, 5) is 2.65. The molecule has 1 aliphatic carbocycles. The van der Waals surface area contributed by atoms with Gasteiger partial charge in [0.05, 0.1) is 0 Å². The second kappa shape index (κ2) is 3.58. The lowest BCUT2D eigenvalue weighted by Gasteiger charge is -2.32. The average molecular weight is 182 g/mol. The first kappa shape index (κ1) is 9.47. The maximum atomic E-state index is 3.64. The average Bonchev–Trinajstić information content (AvgIpc) is 2.87. The van der Waals surface area contributed by atoms with Crippen molar-refractivity contribution in [1.29, 1.82) is 0 Å². The highest BCUT2D eigenvalue weighted by atomic mass is 15.2. The Morgan fingerprint density at radius 3 is 2.69 bits per heavy atom. The number of nitrogens with one attached hydrogen (secondary N) is 1. The highest BCUT2D eigenvalue weighted by Crippen LogP contribution is 2.29. The van der Waals surface area contributed by atoms with Gasteiger partial charge in [-0.05, 0) is 45.7 Å². The van der Waals surface area contributed by atoms with Gasteiger partial charge in [-0.2, -0.15) is 0 Å². The maximum absolute atomic E-state index is 3.64. The second-order valence-corrected chi connectivity index (χ2v) is 4.89. The predicted octanol–water partition coefficient (Wildman–Crippen LogP) is 1.61. The molecule has 1 aliphatic heterocycles. The lowest BCUT2D eigenvalue weighted by Crippen LogP contribution is -2.48. The van der Waals surface area contributed by atoms with Gasteiger partial charge in [0.25, 0.3) is 0 Å². The molecule has 1 saturated carbocycles. The molecule has 0 radical (unpaired) electrons. The molecule has 2 heteroatoms. The van der Waals surface area contributed by atoms with Crippen molar-refractivity contribution >= 4 is 0 Å². The Labute approximate surface area is 81.7 Å². The van der Waals surface area contributed by atoms with Crippen LogP contribution >= 0.6 is 0 Å². The molecule has 1 unspecified atom stereocenters. The summed E-state index contributed by atoms with van der Waals surface area (Å²) in [6.07, 6.45) is 5.59. The summed E-state index contributed by atoms with van der Waals surface area (Å²) in [5.41, 5.74) is 0.415. The molecule has 2 fully saturated rings. The molecule has 0 bridgehead atoms. The summed E-state index contributed by atoms with van der Waals surface area (Å²) in [6.45, 7) is 8.37. The van der Waals surface area contributed by atoms with Crippen LogP contribution in [0.2, 0.25) is 0 Å². The first-order chi connectivity index (χ1) is 6.23. The van der Waals surface area contributed by atoms with Gasteiger partial charge in [-0.1, -0.05) is 6.92 Å². The first-order valence-corrected chi connectivity index (χ1v) is 5.72. The molecule has 76 valence electrons. The molecular formula is C11H22N2. The minimum Gasteiger partial charge on any atom is -0.310 e. The van der Waals surface area contributed by atoms with E-state index in [1.165, 1.54) is 45.3 Å². The van der Waals surface area contributed by atoms with E-state index in [2.05, 4.69) is 24.1 Å². The Hall–Kier alpha value is -0.0800. The Balaban J connectivity index is 1.86. The SMILES string of the molecule is CCN(CC1(C)CCCN1)C1CC1. The van der Waals surface area contributed by atoms with E-state index in [1.807, 2.05) is 0 Å². The van der Waals surface area contributed by atoms with Gasteiger partial charge in [0.2, 0.25) is 0 Å². The standard InChI is InChI=1S/C11H22N2/c1-3-13(10-5-6-10)9-11(2)7-4-8-12-11/h10,12H,3-9H2,1-2H3. The number of rotatable bonds is 4. The topological polar surface area (TPSA) is 15.3 Å². The number of likely N-dealkylation sites (N-methyl/N-ethyl adjacent to an activating group) is 1. The summed E-state index contributed by atoms with van der Waals surface area (Å²) < 4.78 is 0. The van der Waals surface area contributed by atoms with E-state index in [4.69, 9.17) is 0 Å². The summed E-state index contributed by atoms with van der Waals surface area (Å²) in [7, 11) is 0. The monoisotopic (exact) mass is 182 g/mol. The number of hydrogen-bond acceptors (Lipinski definition) is 2. The van der Waals surface area contributed by atoms with E-state index >= 15 is 0 Å². The minimum atomic E-state index is 0.415. The van der Waals surface area contributed by atoms with Gasteiger partial charge in [-0.3, -0.25) is 4.90 Å². The second-order valence-electron chi connectivity index (χ2n) is 4.89. The van der Waals surface area contributed by atoms with E-state index in [0.29, 0.717) is 5.54 Å². The summed E-state index contributed by atoms with van der Waals surface area (Å²) in [6, 6.07) is 0.921. The fourth-order valence-corrected chi connectivity index (χ4v) is 2.48. The van der Waals surface area contributed by atoms with Crippen molar-refractivity contribution in [1.82, 2.24) is 10.2 Å². The van der Waals surface area contributed by atoms with Crippen LogP contribution in [0.15, 0.2) is 0 Å². The van der Waals surface area contributed by atoms with Crippen molar-refractivity contribution < 1.29 is 0 Å². The fourth-order valence-electron chi connectivity index (χ4n) is 2.48. The lowest BCUT2D eigenvalue weighted by molar-refractivity contribution is 0.203. The number of hydrogen-bond donors (Lipinski definition) is 1. The maximum Gasteiger partial charge on any atom is 0.0281 e. The van der Waals surface area contributed by atoms with Crippen LogP contribution in [0.5, 0.6) is 0 Å². The molecule has 0 aromatic heterocycles. The van der Waals surface area contributed by atoms with E-state index in [0.717, 1.165) is 6.04 Å². The molecule has 13 heavy (non-hydrogen) atoms. The lowest BCUT2D eigenvalue weighted by atomic mass is 9.99. The Morgan fingerprint density at radius 1 is 1.46 bits per heavy atom. The first-order valence-electron chi connectivity index (χ1n) is 5.72. The van der Waals surface area contributed by atoms with Gasteiger partial charge >= 0.3 is 0 Å². The molecule has 2 rings (SSSR count). The van der Waals surface area contributed by atoms with Crippen molar-refractivity contribution in [3.05, 3.63) is 0 Å². The summed E-state index contributed by atoms with van der Waals surface area (Å²) >= 11 is 0. The minimum absolute atomic E-state index is 0.415.